The van der Waals surface area contributed by atoms with Crippen LogP contribution in [0.25, 0.3) is 0 Å². The minimum Gasteiger partial charge on any atom is -0.339 e. The Hall–Kier alpha value is -2.47. The molecule has 0 heterocycles. The Morgan fingerprint density at radius 2 is 1.52 bits per heavy atom. The molecular weight excluding hydrogens is 362 g/mol. The van der Waals surface area contributed by atoms with E-state index in [9.17, 15) is 18.0 Å². The second-order valence-electron chi connectivity index (χ2n) is 6.81. The van der Waals surface area contributed by atoms with Crippen LogP contribution in [-0.2, 0) is 14.6 Å². The van der Waals surface area contributed by atoms with E-state index in [1.54, 1.807) is 48.3 Å². The SMILES string of the molecule is Cc1ccc(C(=O)CCC(=O)N(C)C(C)c2ccc(S(C)(=O)=O)cc2)cc1. The number of hydrogen-bond acceptors (Lipinski definition) is 4. The van der Waals surface area contributed by atoms with E-state index in [0.29, 0.717) is 5.56 Å². The number of carbonyl (C=O) groups excluding carboxylic acids is 2. The molecule has 1 amide bonds. The van der Waals surface area contributed by atoms with Crippen molar-refractivity contribution in [3.8, 4) is 0 Å². The maximum absolute atomic E-state index is 12.5. The van der Waals surface area contributed by atoms with Crippen molar-refractivity contribution in [2.24, 2.45) is 0 Å². The van der Waals surface area contributed by atoms with Gasteiger partial charge in [0.05, 0.1) is 10.9 Å². The summed E-state index contributed by atoms with van der Waals surface area (Å²) < 4.78 is 23.1. The van der Waals surface area contributed by atoms with Crippen molar-refractivity contribution >= 4 is 21.5 Å². The van der Waals surface area contributed by atoms with Crippen molar-refractivity contribution in [1.82, 2.24) is 4.90 Å². The standard InChI is InChI=1S/C21H25NO4S/c1-15-5-7-18(8-6-15)20(23)13-14-21(24)22(3)16(2)17-9-11-19(12-10-17)27(4,25)26/h5-12,16H,13-14H2,1-4H3. The van der Waals surface area contributed by atoms with Crippen molar-refractivity contribution in [3.05, 3.63) is 65.2 Å². The summed E-state index contributed by atoms with van der Waals surface area (Å²) >= 11 is 0. The quantitative estimate of drug-likeness (QED) is 0.681. The number of benzene rings is 2. The lowest BCUT2D eigenvalue weighted by Gasteiger charge is -2.25. The molecule has 2 aromatic rings. The monoisotopic (exact) mass is 387 g/mol. The molecule has 5 nitrogen and oxygen atoms in total. The van der Waals surface area contributed by atoms with Crippen LogP contribution < -0.4 is 0 Å². The maximum atomic E-state index is 12.5. The van der Waals surface area contributed by atoms with Crippen LogP contribution in [0, 0.1) is 6.92 Å². The molecule has 2 aromatic carbocycles. The zero-order valence-electron chi connectivity index (χ0n) is 16.1. The molecule has 144 valence electrons. The summed E-state index contributed by atoms with van der Waals surface area (Å²) in [7, 11) is -1.56. The van der Waals surface area contributed by atoms with Gasteiger partial charge in [0.2, 0.25) is 5.91 Å². The zero-order valence-corrected chi connectivity index (χ0v) is 16.9. The molecule has 0 spiro atoms. The fourth-order valence-corrected chi connectivity index (χ4v) is 3.34. The lowest BCUT2D eigenvalue weighted by Crippen LogP contribution is -2.29. The first-order valence-electron chi connectivity index (χ1n) is 8.75. The Kier molecular flexibility index (Phi) is 6.54. The van der Waals surface area contributed by atoms with E-state index >= 15 is 0 Å². The summed E-state index contributed by atoms with van der Waals surface area (Å²) in [6.45, 7) is 3.83. The molecule has 1 atom stereocenters. The Morgan fingerprint density at radius 1 is 0.963 bits per heavy atom. The highest BCUT2D eigenvalue weighted by Crippen LogP contribution is 2.22. The van der Waals surface area contributed by atoms with Crippen LogP contribution in [0.5, 0.6) is 0 Å². The van der Waals surface area contributed by atoms with Gasteiger partial charge in [0.15, 0.2) is 15.6 Å². The highest BCUT2D eigenvalue weighted by atomic mass is 32.2. The fourth-order valence-electron chi connectivity index (χ4n) is 2.71. The Labute approximate surface area is 160 Å². The molecule has 0 N–H and O–H groups in total. The predicted octanol–water partition coefficient (Wildman–Crippen LogP) is 3.58. The van der Waals surface area contributed by atoms with Gasteiger partial charge in [-0.25, -0.2) is 8.42 Å². The summed E-state index contributed by atoms with van der Waals surface area (Å²) in [6.07, 6.45) is 1.45. The van der Waals surface area contributed by atoms with E-state index in [0.717, 1.165) is 17.4 Å². The average molecular weight is 388 g/mol. The number of carbonyl (C=O) groups is 2. The molecule has 0 fully saturated rings. The molecule has 0 bridgehead atoms. The number of nitrogens with zero attached hydrogens (tertiary/aromatic N) is 1. The summed E-state index contributed by atoms with van der Waals surface area (Å²) in [5.41, 5.74) is 2.53. The number of rotatable bonds is 7. The first-order chi connectivity index (χ1) is 12.6. The van der Waals surface area contributed by atoms with Crippen LogP contribution in [0.3, 0.4) is 0 Å². The number of sulfone groups is 1. The van der Waals surface area contributed by atoms with Gasteiger partial charge >= 0.3 is 0 Å². The van der Waals surface area contributed by atoms with Crippen molar-refractivity contribution in [3.63, 3.8) is 0 Å². The molecule has 0 saturated heterocycles. The van der Waals surface area contributed by atoms with Crippen LogP contribution in [0.2, 0.25) is 0 Å². The number of aryl methyl sites for hydroxylation is 1. The second-order valence-corrected chi connectivity index (χ2v) is 8.83. The van der Waals surface area contributed by atoms with Crippen LogP contribution in [-0.4, -0.2) is 38.3 Å². The van der Waals surface area contributed by atoms with Gasteiger partial charge in [0.25, 0.3) is 0 Å². The third kappa shape index (κ3) is 5.50. The van der Waals surface area contributed by atoms with Gasteiger partial charge in [0.1, 0.15) is 0 Å². The molecule has 0 aliphatic carbocycles. The number of amides is 1. The van der Waals surface area contributed by atoms with Crippen LogP contribution in [0.1, 0.15) is 47.3 Å². The molecule has 1 unspecified atom stereocenters. The number of ketones is 1. The van der Waals surface area contributed by atoms with E-state index in [2.05, 4.69) is 0 Å². The van der Waals surface area contributed by atoms with Crippen molar-refractivity contribution in [1.29, 1.82) is 0 Å². The highest BCUT2D eigenvalue weighted by molar-refractivity contribution is 7.90. The van der Waals surface area contributed by atoms with Gasteiger partial charge in [0, 0.05) is 31.7 Å². The van der Waals surface area contributed by atoms with Crippen molar-refractivity contribution in [2.75, 3.05) is 13.3 Å². The summed E-state index contributed by atoms with van der Waals surface area (Å²) in [5, 5.41) is 0. The van der Waals surface area contributed by atoms with Gasteiger partial charge in [-0.2, -0.15) is 0 Å². The molecule has 0 saturated carbocycles. The molecule has 27 heavy (non-hydrogen) atoms. The number of hydrogen-bond donors (Lipinski definition) is 0. The zero-order chi connectivity index (χ0) is 20.2. The van der Waals surface area contributed by atoms with Crippen molar-refractivity contribution < 1.29 is 18.0 Å². The normalized spacial score (nSPS) is 12.4. The van der Waals surface area contributed by atoms with Gasteiger partial charge < -0.3 is 4.90 Å². The molecule has 0 radical (unpaired) electrons. The fraction of sp³-hybridized carbons (Fsp3) is 0.333. The smallest absolute Gasteiger partial charge is 0.223 e. The van der Waals surface area contributed by atoms with E-state index in [1.807, 2.05) is 26.0 Å². The molecule has 0 aliphatic rings. The van der Waals surface area contributed by atoms with Gasteiger partial charge in [-0.05, 0) is 31.5 Å². The third-order valence-electron chi connectivity index (χ3n) is 4.70. The maximum Gasteiger partial charge on any atom is 0.223 e. The topological polar surface area (TPSA) is 71.5 Å². The lowest BCUT2D eigenvalue weighted by atomic mass is 10.0. The summed E-state index contributed by atoms with van der Waals surface area (Å²) in [5.74, 6) is -0.183. The van der Waals surface area contributed by atoms with E-state index in [1.165, 1.54) is 0 Å². The van der Waals surface area contributed by atoms with E-state index in [4.69, 9.17) is 0 Å². The average Bonchev–Trinajstić information content (AvgIpc) is 2.64. The molecule has 0 aromatic heterocycles. The van der Waals surface area contributed by atoms with Gasteiger partial charge in [-0.3, -0.25) is 9.59 Å². The Balaban J connectivity index is 1.97. The molecule has 6 heteroatoms. The minimum atomic E-state index is -3.25. The lowest BCUT2D eigenvalue weighted by molar-refractivity contribution is -0.131. The third-order valence-corrected chi connectivity index (χ3v) is 5.83. The predicted molar refractivity (Wildman–Crippen MR) is 105 cm³/mol. The first-order valence-corrected chi connectivity index (χ1v) is 10.6. The Morgan fingerprint density at radius 3 is 2.04 bits per heavy atom. The second kappa shape index (κ2) is 8.48. The van der Waals surface area contributed by atoms with Crippen LogP contribution >= 0.6 is 0 Å². The Bertz CT molecular complexity index is 916. The van der Waals surface area contributed by atoms with E-state index < -0.39 is 9.84 Å². The first kappa shape index (κ1) is 20.8. The highest BCUT2D eigenvalue weighted by Gasteiger charge is 2.19. The molecule has 0 aliphatic heterocycles. The van der Waals surface area contributed by atoms with Crippen LogP contribution in [0.15, 0.2) is 53.4 Å². The molecular formula is C21H25NO4S. The minimum absolute atomic E-state index is 0.0538. The van der Waals surface area contributed by atoms with Gasteiger partial charge in [-0.1, -0.05) is 42.0 Å². The van der Waals surface area contributed by atoms with Crippen molar-refractivity contribution in [2.45, 2.75) is 37.6 Å². The van der Waals surface area contributed by atoms with Crippen LogP contribution in [0.4, 0.5) is 0 Å². The largest absolute Gasteiger partial charge is 0.339 e. The molecule has 2 rings (SSSR count). The number of Topliss-reactive ketones (excluding diaryl/α,β-unsaturated/α-hetero) is 1. The summed E-state index contributed by atoms with van der Waals surface area (Å²) in [6, 6.07) is 13.6. The van der Waals surface area contributed by atoms with E-state index in [-0.39, 0.29) is 35.5 Å². The van der Waals surface area contributed by atoms with Gasteiger partial charge in [-0.15, -0.1) is 0 Å². The summed E-state index contributed by atoms with van der Waals surface area (Å²) in [4.78, 5) is 26.5.